The van der Waals surface area contributed by atoms with E-state index < -0.39 is 0 Å². The Bertz CT molecular complexity index is 564. The first-order chi connectivity index (χ1) is 9.81. The Morgan fingerprint density at radius 2 is 1.90 bits per heavy atom. The maximum Gasteiger partial charge on any atom is 0.243 e. The van der Waals surface area contributed by atoms with Gasteiger partial charge in [0.2, 0.25) is 5.91 Å². The molecule has 1 aromatic carbocycles. The van der Waals surface area contributed by atoms with Crippen molar-refractivity contribution in [3.8, 4) is 0 Å². The van der Waals surface area contributed by atoms with E-state index in [9.17, 15) is 4.79 Å². The van der Waals surface area contributed by atoms with Crippen molar-refractivity contribution in [3.05, 3.63) is 42.1 Å². The van der Waals surface area contributed by atoms with Crippen molar-refractivity contribution in [1.82, 2.24) is 10.5 Å². The van der Waals surface area contributed by atoms with Gasteiger partial charge in [-0.1, -0.05) is 31.0 Å². The fraction of sp³-hybridized carbons (Fsp3) is 0.375. The Balaban J connectivity index is 1.77. The number of aromatic nitrogens is 1. The molecular weight excluding hydrogens is 252 g/mol. The fourth-order valence-electron chi connectivity index (χ4n) is 2.38. The molecule has 0 aliphatic rings. The average molecular weight is 272 g/mol. The number of aryl methyl sites for hydroxylation is 1. The van der Waals surface area contributed by atoms with Crippen LogP contribution in [0, 0.1) is 0 Å². The van der Waals surface area contributed by atoms with Gasteiger partial charge in [-0.2, -0.15) is 0 Å². The second kappa shape index (κ2) is 7.60. The van der Waals surface area contributed by atoms with E-state index >= 15 is 0 Å². The number of carbonyl (C=O) groups excluding carboxylic acids is 1. The zero-order valence-electron chi connectivity index (χ0n) is 11.5. The molecule has 1 heterocycles. The number of hydrogen-bond acceptors (Lipinski definition) is 3. The number of benzene rings is 1. The maximum atomic E-state index is 10.8. The molecule has 20 heavy (non-hydrogen) atoms. The van der Waals surface area contributed by atoms with Gasteiger partial charge < -0.3 is 0 Å². The summed E-state index contributed by atoms with van der Waals surface area (Å²) in [5, 5.41) is 9.61. The highest BCUT2D eigenvalue weighted by atomic mass is 16.5. The van der Waals surface area contributed by atoms with Crippen LogP contribution in [0.1, 0.15) is 37.7 Å². The van der Waals surface area contributed by atoms with Gasteiger partial charge in [0, 0.05) is 18.0 Å². The summed E-state index contributed by atoms with van der Waals surface area (Å²) in [4.78, 5) is 15.2. The first-order valence-electron chi connectivity index (χ1n) is 7.07. The molecule has 0 aliphatic carbocycles. The van der Waals surface area contributed by atoms with E-state index in [-0.39, 0.29) is 5.91 Å². The zero-order chi connectivity index (χ0) is 14.2. The number of nitrogens with zero attached hydrogens (tertiary/aromatic N) is 1. The van der Waals surface area contributed by atoms with E-state index in [1.165, 1.54) is 10.9 Å². The summed E-state index contributed by atoms with van der Waals surface area (Å²) >= 11 is 0. The van der Waals surface area contributed by atoms with E-state index in [2.05, 4.69) is 17.1 Å². The van der Waals surface area contributed by atoms with Crippen molar-refractivity contribution in [1.29, 1.82) is 0 Å². The van der Waals surface area contributed by atoms with Crippen LogP contribution >= 0.6 is 0 Å². The van der Waals surface area contributed by atoms with E-state index in [1.807, 2.05) is 24.4 Å². The minimum Gasteiger partial charge on any atom is -0.289 e. The monoisotopic (exact) mass is 272 g/mol. The quantitative estimate of drug-likeness (QED) is 0.462. The maximum absolute atomic E-state index is 10.8. The van der Waals surface area contributed by atoms with Crippen LogP contribution in [0.15, 0.2) is 36.5 Å². The van der Waals surface area contributed by atoms with Gasteiger partial charge in [0.15, 0.2) is 0 Å². The molecule has 0 radical (unpaired) electrons. The lowest BCUT2D eigenvalue weighted by Gasteiger charge is -2.06. The second-order valence-corrected chi connectivity index (χ2v) is 4.94. The lowest BCUT2D eigenvalue weighted by Crippen LogP contribution is -2.17. The number of fused-ring (bicyclic) bond motifs is 1. The van der Waals surface area contributed by atoms with E-state index in [0.29, 0.717) is 6.42 Å². The van der Waals surface area contributed by atoms with Crippen LogP contribution in [0.4, 0.5) is 0 Å². The van der Waals surface area contributed by atoms with Crippen molar-refractivity contribution in [2.24, 2.45) is 0 Å². The van der Waals surface area contributed by atoms with Crippen LogP contribution < -0.4 is 5.48 Å². The molecule has 0 unspecified atom stereocenters. The highest BCUT2D eigenvalue weighted by Gasteiger charge is 2.02. The number of carbonyl (C=O) groups is 1. The van der Waals surface area contributed by atoms with Gasteiger partial charge in [-0.05, 0) is 37.0 Å². The molecule has 2 rings (SSSR count). The number of hydrogen-bond donors (Lipinski definition) is 2. The molecule has 2 N–H and O–H groups in total. The van der Waals surface area contributed by atoms with E-state index in [4.69, 9.17) is 5.21 Å². The van der Waals surface area contributed by atoms with Gasteiger partial charge in [0.25, 0.3) is 0 Å². The first-order valence-corrected chi connectivity index (χ1v) is 7.07. The minimum absolute atomic E-state index is 0.301. The highest BCUT2D eigenvalue weighted by molar-refractivity contribution is 5.81. The van der Waals surface area contributed by atoms with Crippen molar-refractivity contribution >= 4 is 16.8 Å². The molecule has 0 atom stereocenters. The van der Waals surface area contributed by atoms with E-state index in [1.54, 1.807) is 5.48 Å². The largest absolute Gasteiger partial charge is 0.289 e. The number of unbranched alkanes of at least 4 members (excludes halogenated alkanes) is 3. The number of rotatable bonds is 7. The van der Waals surface area contributed by atoms with Crippen LogP contribution in [-0.4, -0.2) is 16.1 Å². The second-order valence-electron chi connectivity index (χ2n) is 4.94. The van der Waals surface area contributed by atoms with Gasteiger partial charge in [-0.15, -0.1) is 0 Å². The minimum atomic E-state index is -0.301. The third kappa shape index (κ3) is 4.03. The Morgan fingerprint density at radius 3 is 2.75 bits per heavy atom. The fourth-order valence-corrected chi connectivity index (χ4v) is 2.38. The lowest BCUT2D eigenvalue weighted by atomic mass is 10.0. The van der Waals surface area contributed by atoms with Gasteiger partial charge in [0.1, 0.15) is 0 Å². The predicted molar refractivity (Wildman–Crippen MR) is 78.5 cm³/mol. The van der Waals surface area contributed by atoms with Crippen LogP contribution in [0.3, 0.4) is 0 Å². The molecule has 4 nitrogen and oxygen atoms in total. The Hall–Kier alpha value is -1.94. The third-order valence-corrected chi connectivity index (χ3v) is 3.46. The van der Waals surface area contributed by atoms with Crippen molar-refractivity contribution in [2.45, 2.75) is 38.5 Å². The van der Waals surface area contributed by atoms with Gasteiger partial charge >= 0.3 is 0 Å². The highest BCUT2D eigenvalue weighted by Crippen LogP contribution is 2.18. The molecule has 4 heteroatoms. The summed E-state index contributed by atoms with van der Waals surface area (Å²) in [5.74, 6) is -0.301. The van der Waals surface area contributed by atoms with Crippen molar-refractivity contribution in [2.75, 3.05) is 0 Å². The smallest absolute Gasteiger partial charge is 0.243 e. The molecular formula is C16H20N2O2. The van der Waals surface area contributed by atoms with Crippen LogP contribution in [-0.2, 0) is 11.2 Å². The SMILES string of the molecule is O=C(CCCCCCc1ccnc2ccccc12)NO. The summed E-state index contributed by atoms with van der Waals surface area (Å²) in [6.07, 6.45) is 7.33. The molecule has 2 aromatic rings. The lowest BCUT2D eigenvalue weighted by molar-refractivity contribution is -0.129. The third-order valence-electron chi connectivity index (χ3n) is 3.46. The van der Waals surface area contributed by atoms with E-state index in [0.717, 1.165) is 37.6 Å². The zero-order valence-corrected chi connectivity index (χ0v) is 11.5. The topological polar surface area (TPSA) is 62.2 Å². The van der Waals surface area contributed by atoms with Gasteiger partial charge in [0.05, 0.1) is 5.52 Å². The molecule has 0 spiro atoms. The molecule has 0 aliphatic heterocycles. The first kappa shape index (κ1) is 14.5. The molecule has 0 saturated carbocycles. The molecule has 1 aromatic heterocycles. The van der Waals surface area contributed by atoms with Crippen molar-refractivity contribution in [3.63, 3.8) is 0 Å². The molecule has 1 amide bonds. The number of amides is 1. The Labute approximate surface area is 118 Å². The Morgan fingerprint density at radius 1 is 1.10 bits per heavy atom. The van der Waals surface area contributed by atoms with Crippen LogP contribution in [0.2, 0.25) is 0 Å². The summed E-state index contributed by atoms with van der Waals surface area (Å²) in [5.41, 5.74) is 4.04. The van der Waals surface area contributed by atoms with Crippen molar-refractivity contribution < 1.29 is 10.0 Å². The number of nitrogens with one attached hydrogen (secondary N) is 1. The van der Waals surface area contributed by atoms with Crippen LogP contribution in [0.25, 0.3) is 10.9 Å². The molecule has 0 saturated heterocycles. The summed E-state index contributed by atoms with van der Waals surface area (Å²) in [7, 11) is 0. The molecule has 0 bridgehead atoms. The number of hydroxylamine groups is 1. The summed E-state index contributed by atoms with van der Waals surface area (Å²) < 4.78 is 0. The Kier molecular flexibility index (Phi) is 5.50. The van der Waals surface area contributed by atoms with Crippen LogP contribution in [0.5, 0.6) is 0 Å². The summed E-state index contributed by atoms with van der Waals surface area (Å²) in [6, 6.07) is 10.3. The normalized spacial score (nSPS) is 10.7. The predicted octanol–water partition coefficient (Wildman–Crippen LogP) is 3.23. The number of pyridine rings is 1. The summed E-state index contributed by atoms with van der Waals surface area (Å²) in [6.45, 7) is 0. The van der Waals surface area contributed by atoms with Gasteiger partial charge in [-0.3, -0.25) is 15.0 Å². The molecule has 106 valence electrons. The average Bonchev–Trinajstić information content (AvgIpc) is 2.50. The molecule has 0 fully saturated rings. The van der Waals surface area contributed by atoms with Gasteiger partial charge in [-0.25, -0.2) is 5.48 Å². The standard InChI is InChI=1S/C16H20N2O2/c19-16(18-20)10-4-2-1-3-7-13-11-12-17-15-9-6-5-8-14(13)15/h5-6,8-9,11-12,20H,1-4,7,10H2,(H,18,19). The number of para-hydroxylation sites is 1.